The van der Waals surface area contributed by atoms with Crippen molar-refractivity contribution >= 4 is 35.6 Å². The van der Waals surface area contributed by atoms with Crippen molar-refractivity contribution in [3.8, 4) is 5.75 Å². The quantitative estimate of drug-likeness (QED) is 0.342. The summed E-state index contributed by atoms with van der Waals surface area (Å²) in [6, 6.07) is 7.50. The number of hydrogen-bond acceptors (Lipinski definition) is 3. The maximum Gasteiger partial charge on any atom is 0.194 e. The molecule has 0 aromatic heterocycles. The van der Waals surface area contributed by atoms with Crippen LogP contribution in [0.1, 0.15) is 6.92 Å². The Morgan fingerprint density at radius 2 is 2.00 bits per heavy atom. The zero-order valence-corrected chi connectivity index (χ0v) is 15.4. The summed E-state index contributed by atoms with van der Waals surface area (Å²) in [5.41, 5.74) is 0.908. The fourth-order valence-electron chi connectivity index (χ4n) is 2.47. The van der Waals surface area contributed by atoms with E-state index in [9.17, 15) is 5.11 Å². The second-order valence-corrected chi connectivity index (χ2v) is 4.95. The van der Waals surface area contributed by atoms with Crippen molar-refractivity contribution < 1.29 is 5.11 Å². The molecule has 1 heterocycles. The SMILES string of the molecule is C=CCN=C(NCC)N1CCN(c2ccccc2O)CC1.I. The number of piperazine rings is 1. The van der Waals surface area contributed by atoms with Crippen molar-refractivity contribution in [3.63, 3.8) is 0 Å². The summed E-state index contributed by atoms with van der Waals surface area (Å²) in [5.74, 6) is 1.28. The average Bonchev–Trinajstić information content (AvgIpc) is 2.52. The van der Waals surface area contributed by atoms with Gasteiger partial charge in [-0.15, -0.1) is 30.6 Å². The Bertz CT molecular complexity index is 499. The third-order valence-corrected chi connectivity index (χ3v) is 3.51. The summed E-state index contributed by atoms with van der Waals surface area (Å²) in [6.07, 6.45) is 1.80. The molecule has 0 atom stereocenters. The highest BCUT2D eigenvalue weighted by molar-refractivity contribution is 14.0. The monoisotopic (exact) mass is 416 g/mol. The molecular formula is C16H25IN4O. The Balaban J connectivity index is 0.00000242. The summed E-state index contributed by atoms with van der Waals surface area (Å²) in [5, 5.41) is 13.2. The van der Waals surface area contributed by atoms with Gasteiger partial charge in [0, 0.05) is 32.7 Å². The maximum absolute atomic E-state index is 9.94. The summed E-state index contributed by atoms with van der Waals surface area (Å²) in [4.78, 5) is 8.98. The first-order chi connectivity index (χ1) is 10.3. The second-order valence-electron chi connectivity index (χ2n) is 4.95. The van der Waals surface area contributed by atoms with E-state index in [1.54, 1.807) is 12.1 Å². The van der Waals surface area contributed by atoms with Crippen LogP contribution >= 0.6 is 24.0 Å². The van der Waals surface area contributed by atoms with Crippen LogP contribution in [0.2, 0.25) is 0 Å². The number of halogens is 1. The minimum atomic E-state index is 0. The lowest BCUT2D eigenvalue weighted by molar-refractivity contribution is 0.370. The van der Waals surface area contributed by atoms with Gasteiger partial charge >= 0.3 is 0 Å². The average molecular weight is 416 g/mol. The third-order valence-electron chi connectivity index (χ3n) is 3.51. The highest BCUT2D eigenvalue weighted by Crippen LogP contribution is 2.27. The van der Waals surface area contributed by atoms with Gasteiger partial charge in [0.15, 0.2) is 5.96 Å². The molecule has 5 nitrogen and oxygen atoms in total. The number of hydrogen-bond donors (Lipinski definition) is 2. The Morgan fingerprint density at radius 3 is 2.59 bits per heavy atom. The molecule has 0 bridgehead atoms. The van der Waals surface area contributed by atoms with Gasteiger partial charge in [0.2, 0.25) is 0 Å². The summed E-state index contributed by atoms with van der Waals surface area (Å²) in [7, 11) is 0. The molecule has 1 saturated heterocycles. The zero-order chi connectivity index (χ0) is 15.1. The molecule has 0 radical (unpaired) electrons. The van der Waals surface area contributed by atoms with E-state index < -0.39 is 0 Å². The van der Waals surface area contributed by atoms with Crippen LogP contribution in [-0.4, -0.2) is 55.2 Å². The van der Waals surface area contributed by atoms with Crippen molar-refractivity contribution in [2.75, 3.05) is 44.2 Å². The molecule has 2 N–H and O–H groups in total. The van der Waals surface area contributed by atoms with Gasteiger partial charge < -0.3 is 20.2 Å². The lowest BCUT2D eigenvalue weighted by Crippen LogP contribution is -2.52. The topological polar surface area (TPSA) is 51.1 Å². The van der Waals surface area contributed by atoms with Gasteiger partial charge in [0.25, 0.3) is 0 Å². The number of aromatic hydroxyl groups is 1. The molecule has 122 valence electrons. The number of anilines is 1. The number of aliphatic imine (C=N–C) groups is 1. The second kappa shape index (κ2) is 9.55. The smallest absolute Gasteiger partial charge is 0.194 e. The lowest BCUT2D eigenvalue weighted by Gasteiger charge is -2.37. The number of benzene rings is 1. The van der Waals surface area contributed by atoms with Crippen molar-refractivity contribution in [2.24, 2.45) is 4.99 Å². The van der Waals surface area contributed by atoms with E-state index in [-0.39, 0.29) is 24.0 Å². The van der Waals surface area contributed by atoms with Gasteiger partial charge in [-0.2, -0.15) is 0 Å². The number of phenolic OH excluding ortho intramolecular Hbond substituents is 1. The molecule has 0 unspecified atom stereocenters. The first-order valence-electron chi connectivity index (χ1n) is 7.43. The van der Waals surface area contributed by atoms with Crippen LogP contribution < -0.4 is 10.2 Å². The molecule has 0 aliphatic carbocycles. The van der Waals surface area contributed by atoms with Gasteiger partial charge in [0.1, 0.15) is 5.75 Å². The highest BCUT2D eigenvalue weighted by atomic mass is 127. The lowest BCUT2D eigenvalue weighted by atomic mass is 10.2. The molecule has 6 heteroatoms. The normalized spacial score (nSPS) is 15.2. The van der Waals surface area contributed by atoms with Gasteiger partial charge in [-0.3, -0.25) is 0 Å². The Morgan fingerprint density at radius 1 is 1.32 bits per heavy atom. The van der Waals surface area contributed by atoms with Crippen LogP contribution in [0.25, 0.3) is 0 Å². The third kappa shape index (κ3) is 4.79. The number of para-hydroxylation sites is 2. The van der Waals surface area contributed by atoms with E-state index in [0.29, 0.717) is 12.3 Å². The fraction of sp³-hybridized carbons (Fsp3) is 0.438. The number of nitrogens with zero attached hydrogens (tertiary/aromatic N) is 3. The minimum Gasteiger partial charge on any atom is -0.506 e. The molecule has 1 aromatic rings. The molecule has 2 rings (SSSR count). The minimum absolute atomic E-state index is 0. The van der Waals surface area contributed by atoms with E-state index >= 15 is 0 Å². The van der Waals surface area contributed by atoms with Crippen LogP contribution in [0.3, 0.4) is 0 Å². The van der Waals surface area contributed by atoms with Crippen molar-refractivity contribution in [2.45, 2.75) is 6.92 Å². The number of phenols is 1. The first kappa shape index (κ1) is 18.6. The first-order valence-corrected chi connectivity index (χ1v) is 7.43. The zero-order valence-electron chi connectivity index (χ0n) is 13.0. The molecular weight excluding hydrogens is 391 g/mol. The van der Waals surface area contributed by atoms with Crippen LogP contribution in [0.4, 0.5) is 5.69 Å². The van der Waals surface area contributed by atoms with Crippen LogP contribution in [0.15, 0.2) is 41.9 Å². The molecule has 0 spiro atoms. The van der Waals surface area contributed by atoms with Crippen LogP contribution in [0.5, 0.6) is 5.75 Å². The molecule has 0 amide bonds. The van der Waals surface area contributed by atoms with E-state index in [1.165, 1.54) is 0 Å². The van der Waals surface area contributed by atoms with E-state index in [2.05, 4.69) is 33.6 Å². The van der Waals surface area contributed by atoms with Crippen LogP contribution in [-0.2, 0) is 0 Å². The predicted octanol–water partition coefficient (Wildman–Crippen LogP) is 2.28. The molecule has 1 fully saturated rings. The Hall–Kier alpha value is -1.44. The fourth-order valence-corrected chi connectivity index (χ4v) is 2.47. The van der Waals surface area contributed by atoms with Gasteiger partial charge in [-0.25, -0.2) is 4.99 Å². The van der Waals surface area contributed by atoms with Gasteiger partial charge in [-0.05, 0) is 19.1 Å². The van der Waals surface area contributed by atoms with Crippen molar-refractivity contribution in [1.82, 2.24) is 10.2 Å². The molecule has 1 aromatic carbocycles. The predicted molar refractivity (Wildman–Crippen MR) is 103 cm³/mol. The van der Waals surface area contributed by atoms with E-state index in [4.69, 9.17) is 0 Å². The molecule has 0 saturated carbocycles. The van der Waals surface area contributed by atoms with E-state index in [0.717, 1.165) is 44.4 Å². The van der Waals surface area contributed by atoms with Gasteiger partial charge in [-0.1, -0.05) is 18.2 Å². The van der Waals surface area contributed by atoms with Gasteiger partial charge in [0.05, 0.1) is 12.2 Å². The number of rotatable bonds is 4. The van der Waals surface area contributed by atoms with Crippen molar-refractivity contribution in [1.29, 1.82) is 0 Å². The van der Waals surface area contributed by atoms with Crippen molar-refractivity contribution in [3.05, 3.63) is 36.9 Å². The summed E-state index contributed by atoms with van der Waals surface area (Å²) in [6.45, 7) is 10.8. The summed E-state index contributed by atoms with van der Waals surface area (Å²) < 4.78 is 0. The maximum atomic E-state index is 9.94. The Labute approximate surface area is 149 Å². The van der Waals surface area contributed by atoms with E-state index in [1.807, 2.05) is 18.2 Å². The highest BCUT2D eigenvalue weighted by Gasteiger charge is 2.20. The largest absolute Gasteiger partial charge is 0.506 e. The summed E-state index contributed by atoms with van der Waals surface area (Å²) >= 11 is 0. The molecule has 22 heavy (non-hydrogen) atoms. The van der Waals surface area contributed by atoms with Crippen LogP contribution in [0, 0.1) is 0 Å². The number of guanidine groups is 1. The number of nitrogens with one attached hydrogen (secondary N) is 1. The molecule has 1 aliphatic heterocycles. The standard InChI is InChI=1S/C16H24N4O.HI/c1-3-9-18-16(17-4-2)20-12-10-19(11-13-20)14-7-5-6-8-15(14)21;/h3,5-8,21H,1,4,9-13H2,2H3,(H,17,18);1H. The Kier molecular flexibility index (Phi) is 8.08. The molecule has 1 aliphatic rings.